The maximum absolute atomic E-state index is 13.0. The van der Waals surface area contributed by atoms with Crippen LogP contribution in [0.5, 0.6) is 0 Å². The Hall–Kier alpha value is -1.89. The second kappa shape index (κ2) is 8.23. The number of carbonyl (C=O) groups excluding carboxylic acids is 1. The molecule has 2 aromatic rings. The van der Waals surface area contributed by atoms with Gasteiger partial charge in [0, 0.05) is 29.7 Å². The van der Waals surface area contributed by atoms with Crippen LogP contribution in [0.3, 0.4) is 0 Å². The van der Waals surface area contributed by atoms with Crippen LogP contribution in [0.1, 0.15) is 29.5 Å². The number of aryl methyl sites for hydroxylation is 3. The number of carbonyl (C=O) groups is 1. The van der Waals surface area contributed by atoms with Crippen LogP contribution in [0.15, 0.2) is 41.3 Å². The molecule has 1 fully saturated rings. The van der Waals surface area contributed by atoms with Crippen LogP contribution in [0.2, 0.25) is 5.02 Å². The van der Waals surface area contributed by atoms with Gasteiger partial charge in [-0.1, -0.05) is 29.3 Å². The number of hydrogen-bond donors (Lipinski definition) is 1. The van der Waals surface area contributed by atoms with E-state index in [-0.39, 0.29) is 11.8 Å². The third-order valence-corrected chi connectivity index (χ3v) is 7.51. The zero-order chi connectivity index (χ0) is 20.5. The van der Waals surface area contributed by atoms with Gasteiger partial charge in [-0.2, -0.15) is 4.31 Å². The molecule has 150 valence electrons. The molecule has 2 aromatic carbocycles. The molecule has 3 rings (SSSR count). The van der Waals surface area contributed by atoms with Crippen molar-refractivity contribution in [2.45, 2.75) is 38.5 Å². The predicted octanol–water partition coefficient (Wildman–Crippen LogP) is 4.30. The summed E-state index contributed by atoms with van der Waals surface area (Å²) in [5.74, 6) is -0.283. The topological polar surface area (TPSA) is 66.5 Å². The van der Waals surface area contributed by atoms with E-state index < -0.39 is 10.0 Å². The summed E-state index contributed by atoms with van der Waals surface area (Å²) < 4.78 is 27.4. The monoisotopic (exact) mass is 420 g/mol. The number of piperidine rings is 1. The maximum atomic E-state index is 13.0. The molecular weight excluding hydrogens is 396 g/mol. The van der Waals surface area contributed by atoms with Crippen molar-refractivity contribution in [3.63, 3.8) is 0 Å². The molecule has 0 aromatic heterocycles. The first kappa shape index (κ1) is 20.8. The van der Waals surface area contributed by atoms with Gasteiger partial charge in [0.25, 0.3) is 0 Å². The van der Waals surface area contributed by atoms with Crippen LogP contribution < -0.4 is 5.32 Å². The van der Waals surface area contributed by atoms with Gasteiger partial charge in [-0.3, -0.25) is 4.79 Å². The number of halogens is 1. The standard InChI is InChI=1S/C21H25ClN2O3S/c1-14-4-7-20(16(3)12-14)28(26,27)24-10-8-17(9-11-24)21(25)23-19-6-5-18(22)13-15(19)2/h4-7,12-13,17H,8-11H2,1-3H3,(H,23,25). The lowest BCUT2D eigenvalue weighted by Gasteiger charge is -2.31. The average Bonchev–Trinajstić information content (AvgIpc) is 2.63. The molecule has 0 bridgehead atoms. The van der Waals surface area contributed by atoms with Crippen molar-refractivity contribution >= 4 is 33.2 Å². The van der Waals surface area contributed by atoms with Crippen LogP contribution in [0.25, 0.3) is 0 Å². The molecule has 1 aliphatic rings. The molecule has 1 N–H and O–H groups in total. The van der Waals surface area contributed by atoms with E-state index in [0.29, 0.717) is 35.8 Å². The van der Waals surface area contributed by atoms with Crippen molar-refractivity contribution in [2.75, 3.05) is 18.4 Å². The lowest BCUT2D eigenvalue weighted by atomic mass is 9.97. The van der Waals surface area contributed by atoms with E-state index in [4.69, 9.17) is 11.6 Å². The van der Waals surface area contributed by atoms with E-state index in [9.17, 15) is 13.2 Å². The second-order valence-electron chi connectivity index (χ2n) is 7.40. The van der Waals surface area contributed by atoms with E-state index in [1.54, 1.807) is 24.3 Å². The highest BCUT2D eigenvalue weighted by Crippen LogP contribution is 2.27. The number of sulfonamides is 1. The van der Waals surface area contributed by atoms with Crippen LogP contribution >= 0.6 is 11.6 Å². The molecule has 0 saturated carbocycles. The number of rotatable bonds is 4. The number of amides is 1. The molecule has 28 heavy (non-hydrogen) atoms. The van der Waals surface area contributed by atoms with E-state index in [2.05, 4.69) is 5.32 Å². The Kier molecular flexibility index (Phi) is 6.12. The van der Waals surface area contributed by atoms with Crippen LogP contribution in [-0.2, 0) is 14.8 Å². The quantitative estimate of drug-likeness (QED) is 0.801. The molecular formula is C21H25ClN2O3S. The Labute approximate surface area is 171 Å². The molecule has 0 radical (unpaired) electrons. The summed E-state index contributed by atoms with van der Waals surface area (Å²) in [7, 11) is -3.54. The van der Waals surface area contributed by atoms with Crippen LogP contribution in [0.4, 0.5) is 5.69 Å². The third kappa shape index (κ3) is 4.40. The summed E-state index contributed by atoms with van der Waals surface area (Å²) in [6, 6.07) is 10.7. The Balaban J connectivity index is 1.65. The Morgan fingerprint density at radius 3 is 2.32 bits per heavy atom. The molecule has 1 amide bonds. The van der Waals surface area contributed by atoms with Gasteiger partial charge in [0.15, 0.2) is 0 Å². The lowest BCUT2D eigenvalue weighted by Crippen LogP contribution is -2.41. The minimum absolute atomic E-state index is 0.0750. The molecule has 5 nitrogen and oxygen atoms in total. The zero-order valence-corrected chi connectivity index (χ0v) is 17.9. The fourth-order valence-electron chi connectivity index (χ4n) is 3.59. The van der Waals surface area contributed by atoms with Crippen molar-refractivity contribution in [1.29, 1.82) is 0 Å². The van der Waals surface area contributed by atoms with Gasteiger partial charge in [0.05, 0.1) is 4.90 Å². The smallest absolute Gasteiger partial charge is 0.243 e. The highest BCUT2D eigenvalue weighted by Gasteiger charge is 2.32. The van der Waals surface area contributed by atoms with Crippen molar-refractivity contribution in [3.8, 4) is 0 Å². The fraction of sp³-hybridized carbons (Fsp3) is 0.381. The molecule has 0 unspecified atom stereocenters. The first-order chi connectivity index (χ1) is 13.2. The molecule has 0 aliphatic carbocycles. The number of nitrogens with one attached hydrogen (secondary N) is 1. The van der Waals surface area contributed by atoms with E-state index in [1.165, 1.54) is 4.31 Å². The van der Waals surface area contributed by atoms with Crippen LogP contribution in [0, 0.1) is 26.7 Å². The summed E-state index contributed by atoms with van der Waals surface area (Å²) in [5, 5.41) is 3.57. The minimum atomic E-state index is -3.54. The molecule has 1 heterocycles. The Bertz CT molecular complexity index is 997. The normalized spacial score (nSPS) is 16.1. The lowest BCUT2D eigenvalue weighted by molar-refractivity contribution is -0.120. The van der Waals surface area contributed by atoms with Crippen molar-refractivity contribution in [3.05, 3.63) is 58.1 Å². The summed E-state index contributed by atoms with van der Waals surface area (Å²) >= 11 is 5.96. The van der Waals surface area contributed by atoms with E-state index in [0.717, 1.165) is 22.4 Å². The Morgan fingerprint density at radius 2 is 1.71 bits per heavy atom. The summed E-state index contributed by atoms with van der Waals surface area (Å²) in [5.41, 5.74) is 3.41. The van der Waals surface area contributed by atoms with Gasteiger partial charge in [-0.15, -0.1) is 0 Å². The van der Waals surface area contributed by atoms with Crippen LogP contribution in [-0.4, -0.2) is 31.7 Å². The van der Waals surface area contributed by atoms with E-state index in [1.807, 2.05) is 32.9 Å². The second-order valence-corrected chi connectivity index (χ2v) is 9.74. The molecule has 7 heteroatoms. The zero-order valence-electron chi connectivity index (χ0n) is 16.3. The highest BCUT2D eigenvalue weighted by molar-refractivity contribution is 7.89. The van der Waals surface area contributed by atoms with Crippen molar-refractivity contribution in [2.24, 2.45) is 5.92 Å². The van der Waals surface area contributed by atoms with Gasteiger partial charge < -0.3 is 5.32 Å². The minimum Gasteiger partial charge on any atom is -0.326 e. The van der Waals surface area contributed by atoms with Gasteiger partial charge in [-0.25, -0.2) is 8.42 Å². The van der Waals surface area contributed by atoms with Gasteiger partial charge in [-0.05, 0) is 69.0 Å². The van der Waals surface area contributed by atoms with Gasteiger partial charge >= 0.3 is 0 Å². The summed E-state index contributed by atoms with van der Waals surface area (Å²) in [4.78, 5) is 13.0. The largest absolute Gasteiger partial charge is 0.326 e. The third-order valence-electron chi connectivity index (χ3n) is 5.22. The number of anilines is 1. The molecule has 1 aliphatic heterocycles. The molecule has 1 saturated heterocycles. The highest BCUT2D eigenvalue weighted by atomic mass is 35.5. The first-order valence-corrected chi connectivity index (χ1v) is 11.1. The predicted molar refractivity (Wildman–Crippen MR) is 112 cm³/mol. The molecule has 0 spiro atoms. The number of benzene rings is 2. The Morgan fingerprint density at radius 1 is 1.04 bits per heavy atom. The molecule has 0 atom stereocenters. The number of hydrogen-bond acceptors (Lipinski definition) is 3. The summed E-state index contributed by atoms with van der Waals surface area (Å²) in [6.45, 7) is 6.33. The summed E-state index contributed by atoms with van der Waals surface area (Å²) in [6.07, 6.45) is 1.01. The maximum Gasteiger partial charge on any atom is 0.243 e. The first-order valence-electron chi connectivity index (χ1n) is 9.33. The van der Waals surface area contributed by atoms with Gasteiger partial charge in [0.1, 0.15) is 0 Å². The van der Waals surface area contributed by atoms with Gasteiger partial charge in [0.2, 0.25) is 15.9 Å². The number of nitrogens with zero attached hydrogens (tertiary/aromatic N) is 1. The van der Waals surface area contributed by atoms with Crippen molar-refractivity contribution in [1.82, 2.24) is 4.31 Å². The average molecular weight is 421 g/mol. The van der Waals surface area contributed by atoms with E-state index >= 15 is 0 Å². The van der Waals surface area contributed by atoms with Crippen molar-refractivity contribution < 1.29 is 13.2 Å². The fourth-order valence-corrected chi connectivity index (χ4v) is 5.49. The SMILES string of the molecule is Cc1ccc(S(=O)(=O)N2CCC(C(=O)Nc3ccc(Cl)cc3C)CC2)c(C)c1.